The summed E-state index contributed by atoms with van der Waals surface area (Å²) in [4.78, 5) is 7.34. The molecule has 1 aromatic rings. The monoisotopic (exact) mass is 504 g/mol. The maximum atomic E-state index is 5.38. The lowest BCUT2D eigenvalue weighted by Gasteiger charge is -2.21. The van der Waals surface area contributed by atoms with E-state index in [0.717, 1.165) is 56.5 Å². The highest BCUT2D eigenvalue weighted by atomic mass is 127. The summed E-state index contributed by atoms with van der Waals surface area (Å²) >= 11 is 0. The van der Waals surface area contributed by atoms with Crippen LogP contribution in [0.4, 0.5) is 0 Å². The molecular weight excluding hydrogens is 467 g/mol. The summed E-state index contributed by atoms with van der Waals surface area (Å²) in [5, 5.41) is 6.82. The van der Waals surface area contributed by atoms with E-state index in [2.05, 4.69) is 41.5 Å². The number of rotatable bonds is 10. The average molecular weight is 504 g/mol. The minimum Gasteiger partial charge on any atom is -0.493 e. The van der Waals surface area contributed by atoms with Gasteiger partial charge in [0, 0.05) is 19.1 Å². The Balaban J connectivity index is 0.00000392. The third kappa shape index (κ3) is 7.66. The molecule has 1 atom stereocenters. The molecule has 0 aliphatic carbocycles. The van der Waals surface area contributed by atoms with Crippen LogP contribution in [-0.4, -0.2) is 63.8 Å². The van der Waals surface area contributed by atoms with Gasteiger partial charge in [-0.3, -0.25) is 9.89 Å². The average Bonchev–Trinajstić information content (AvgIpc) is 3.16. The number of halogens is 1. The lowest BCUT2D eigenvalue weighted by molar-refractivity contribution is 0.273. The molecule has 160 valence electrons. The molecule has 0 amide bonds. The Morgan fingerprint density at radius 2 is 1.96 bits per heavy atom. The standard InChI is InChI=1S/C21H36N4O2.HI/c1-5-22-21(24-16-18-10-8-14-25(18)6-2)23-13-7-9-17-11-12-19(26-3)20(15-17)27-4;/h11-12,15,18H,5-10,13-14,16H2,1-4H3,(H2,22,23,24);1H. The molecule has 1 heterocycles. The normalized spacial score (nSPS) is 17.1. The smallest absolute Gasteiger partial charge is 0.191 e. The topological polar surface area (TPSA) is 58.1 Å². The first-order valence-corrected chi connectivity index (χ1v) is 10.2. The summed E-state index contributed by atoms with van der Waals surface area (Å²) in [6.07, 6.45) is 4.57. The molecule has 2 rings (SSSR count). The highest BCUT2D eigenvalue weighted by molar-refractivity contribution is 14.0. The Labute approximate surface area is 187 Å². The van der Waals surface area contributed by atoms with Gasteiger partial charge in [-0.05, 0) is 63.4 Å². The van der Waals surface area contributed by atoms with E-state index in [1.54, 1.807) is 14.2 Å². The number of guanidine groups is 1. The number of aliphatic imine (C=N–C) groups is 1. The fraction of sp³-hybridized carbons (Fsp3) is 0.667. The fourth-order valence-electron chi connectivity index (χ4n) is 3.59. The van der Waals surface area contributed by atoms with Crippen molar-refractivity contribution in [1.29, 1.82) is 0 Å². The number of aryl methyl sites for hydroxylation is 1. The third-order valence-corrected chi connectivity index (χ3v) is 5.09. The van der Waals surface area contributed by atoms with Crippen LogP contribution in [0.15, 0.2) is 23.2 Å². The van der Waals surface area contributed by atoms with Crippen molar-refractivity contribution in [2.75, 3.05) is 46.9 Å². The maximum absolute atomic E-state index is 5.38. The zero-order valence-corrected chi connectivity index (χ0v) is 20.1. The third-order valence-electron chi connectivity index (χ3n) is 5.09. The largest absolute Gasteiger partial charge is 0.493 e. The number of nitrogens with one attached hydrogen (secondary N) is 2. The van der Waals surface area contributed by atoms with Crippen LogP contribution >= 0.6 is 24.0 Å². The van der Waals surface area contributed by atoms with Gasteiger partial charge >= 0.3 is 0 Å². The molecule has 0 bridgehead atoms. The first kappa shape index (κ1) is 24.8. The predicted molar refractivity (Wildman–Crippen MR) is 128 cm³/mol. The Kier molecular flexibility index (Phi) is 12.3. The molecule has 1 aliphatic heterocycles. The molecule has 1 aromatic carbocycles. The number of likely N-dealkylation sites (N-methyl/N-ethyl adjacent to an activating group) is 1. The zero-order chi connectivity index (χ0) is 19.5. The van der Waals surface area contributed by atoms with Gasteiger partial charge in [0.1, 0.15) is 0 Å². The van der Waals surface area contributed by atoms with Crippen molar-refractivity contribution >= 4 is 29.9 Å². The summed E-state index contributed by atoms with van der Waals surface area (Å²) in [6, 6.07) is 6.71. The summed E-state index contributed by atoms with van der Waals surface area (Å²) in [6.45, 7) is 9.32. The second-order valence-corrected chi connectivity index (χ2v) is 6.86. The van der Waals surface area contributed by atoms with E-state index < -0.39 is 0 Å². The Hall–Kier alpha value is -1.22. The molecule has 1 unspecified atom stereocenters. The van der Waals surface area contributed by atoms with Gasteiger partial charge in [0.25, 0.3) is 0 Å². The predicted octanol–water partition coefficient (Wildman–Crippen LogP) is 3.29. The molecular formula is C21H37IN4O2. The van der Waals surface area contributed by atoms with Crippen molar-refractivity contribution in [2.45, 2.75) is 45.6 Å². The molecule has 0 saturated carbocycles. The molecule has 0 radical (unpaired) electrons. The Bertz CT molecular complexity index is 598. The van der Waals surface area contributed by atoms with Crippen LogP contribution in [0.5, 0.6) is 11.5 Å². The van der Waals surface area contributed by atoms with Crippen LogP contribution in [0.2, 0.25) is 0 Å². The number of nitrogens with zero attached hydrogens (tertiary/aromatic N) is 2. The van der Waals surface area contributed by atoms with Gasteiger partial charge in [-0.1, -0.05) is 13.0 Å². The molecule has 0 aromatic heterocycles. The molecule has 1 aliphatic rings. The van der Waals surface area contributed by atoms with Crippen molar-refractivity contribution in [3.63, 3.8) is 0 Å². The minimum atomic E-state index is 0. The number of benzene rings is 1. The summed E-state index contributed by atoms with van der Waals surface area (Å²) in [5.74, 6) is 2.48. The lowest BCUT2D eigenvalue weighted by Crippen LogP contribution is -2.39. The second kappa shape index (κ2) is 13.9. The van der Waals surface area contributed by atoms with E-state index in [-0.39, 0.29) is 24.0 Å². The molecule has 0 spiro atoms. The molecule has 28 heavy (non-hydrogen) atoms. The van der Waals surface area contributed by atoms with E-state index in [1.165, 1.54) is 24.9 Å². The van der Waals surface area contributed by atoms with E-state index in [1.807, 2.05) is 6.07 Å². The first-order valence-electron chi connectivity index (χ1n) is 10.2. The van der Waals surface area contributed by atoms with Crippen LogP contribution < -0.4 is 20.1 Å². The molecule has 1 fully saturated rings. The maximum Gasteiger partial charge on any atom is 0.191 e. The van der Waals surface area contributed by atoms with Gasteiger partial charge in [0.2, 0.25) is 0 Å². The first-order chi connectivity index (χ1) is 13.2. The summed E-state index contributed by atoms with van der Waals surface area (Å²) in [5.41, 5.74) is 1.25. The van der Waals surface area contributed by atoms with E-state index in [4.69, 9.17) is 14.5 Å². The number of ether oxygens (including phenoxy) is 2. The summed E-state index contributed by atoms with van der Waals surface area (Å²) < 4.78 is 10.7. The van der Waals surface area contributed by atoms with E-state index in [0.29, 0.717) is 6.04 Å². The molecule has 1 saturated heterocycles. The van der Waals surface area contributed by atoms with Gasteiger partial charge < -0.3 is 20.1 Å². The van der Waals surface area contributed by atoms with Crippen LogP contribution in [-0.2, 0) is 6.42 Å². The van der Waals surface area contributed by atoms with Gasteiger partial charge in [-0.2, -0.15) is 0 Å². The van der Waals surface area contributed by atoms with E-state index >= 15 is 0 Å². The highest BCUT2D eigenvalue weighted by Gasteiger charge is 2.22. The highest BCUT2D eigenvalue weighted by Crippen LogP contribution is 2.27. The van der Waals surface area contributed by atoms with Crippen LogP contribution in [0.3, 0.4) is 0 Å². The number of hydrogen-bond acceptors (Lipinski definition) is 4. The quantitative estimate of drug-likeness (QED) is 0.222. The van der Waals surface area contributed by atoms with Crippen molar-refractivity contribution in [3.05, 3.63) is 23.8 Å². The molecule has 7 heteroatoms. The van der Waals surface area contributed by atoms with Crippen molar-refractivity contribution < 1.29 is 9.47 Å². The minimum absolute atomic E-state index is 0. The van der Waals surface area contributed by atoms with Crippen molar-refractivity contribution in [3.8, 4) is 11.5 Å². The van der Waals surface area contributed by atoms with Gasteiger partial charge in [-0.15, -0.1) is 24.0 Å². The molecule has 6 nitrogen and oxygen atoms in total. The van der Waals surface area contributed by atoms with Crippen molar-refractivity contribution in [1.82, 2.24) is 15.5 Å². The van der Waals surface area contributed by atoms with Gasteiger partial charge in [-0.25, -0.2) is 0 Å². The lowest BCUT2D eigenvalue weighted by atomic mass is 10.1. The van der Waals surface area contributed by atoms with Gasteiger partial charge in [0.05, 0.1) is 20.8 Å². The fourth-order valence-corrected chi connectivity index (χ4v) is 3.59. The number of methoxy groups -OCH3 is 2. The number of hydrogen-bond donors (Lipinski definition) is 2. The Morgan fingerprint density at radius 3 is 2.64 bits per heavy atom. The Morgan fingerprint density at radius 1 is 1.18 bits per heavy atom. The van der Waals surface area contributed by atoms with Crippen LogP contribution in [0.1, 0.15) is 38.7 Å². The number of likely N-dealkylation sites (tertiary alicyclic amines) is 1. The second-order valence-electron chi connectivity index (χ2n) is 6.86. The van der Waals surface area contributed by atoms with Crippen molar-refractivity contribution in [2.24, 2.45) is 4.99 Å². The molecule has 2 N–H and O–H groups in total. The zero-order valence-electron chi connectivity index (χ0n) is 17.8. The SMILES string of the molecule is CCNC(=NCC1CCCN1CC)NCCCc1ccc(OC)c(OC)c1.I. The van der Waals surface area contributed by atoms with Crippen LogP contribution in [0, 0.1) is 0 Å². The van der Waals surface area contributed by atoms with Gasteiger partial charge in [0.15, 0.2) is 17.5 Å². The van der Waals surface area contributed by atoms with E-state index in [9.17, 15) is 0 Å². The summed E-state index contributed by atoms with van der Waals surface area (Å²) in [7, 11) is 3.33. The van der Waals surface area contributed by atoms with Crippen LogP contribution in [0.25, 0.3) is 0 Å².